The molecule has 0 radical (unpaired) electrons. The van der Waals surface area contributed by atoms with Crippen molar-refractivity contribution in [2.75, 3.05) is 6.54 Å². The number of hydrogen-bond acceptors (Lipinski definition) is 3. The topological polar surface area (TPSA) is 57.8 Å². The van der Waals surface area contributed by atoms with Gasteiger partial charge in [-0.15, -0.1) is 0 Å². The molecule has 5 nitrogen and oxygen atoms in total. The zero-order chi connectivity index (χ0) is 17.4. The Bertz CT molecular complexity index is 902. The second-order valence-corrected chi connectivity index (χ2v) is 6.37. The van der Waals surface area contributed by atoms with Crippen LogP contribution in [0.3, 0.4) is 0 Å². The molecule has 25 heavy (non-hydrogen) atoms. The third-order valence-corrected chi connectivity index (χ3v) is 4.51. The summed E-state index contributed by atoms with van der Waals surface area (Å²) in [5.41, 5.74) is 1.85. The number of amides is 1. The highest BCUT2D eigenvalue weighted by atomic mass is 19.1. The molecule has 1 aliphatic rings. The van der Waals surface area contributed by atoms with E-state index < -0.39 is 6.10 Å². The van der Waals surface area contributed by atoms with E-state index in [2.05, 4.69) is 4.98 Å². The molecule has 0 bridgehead atoms. The Morgan fingerprint density at radius 1 is 1.32 bits per heavy atom. The second kappa shape index (κ2) is 6.29. The van der Waals surface area contributed by atoms with Crippen molar-refractivity contribution in [3.05, 3.63) is 72.1 Å². The highest BCUT2D eigenvalue weighted by Gasteiger charge is 2.35. The number of rotatable bonds is 5. The summed E-state index contributed by atoms with van der Waals surface area (Å²) < 4.78 is 14.9. The van der Waals surface area contributed by atoms with Crippen LogP contribution in [-0.2, 0) is 0 Å². The monoisotopic (exact) mass is 339 g/mol. The van der Waals surface area contributed by atoms with E-state index in [1.807, 2.05) is 22.7 Å². The molecule has 0 aliphatic heterocycles. The van der Waals surface area contributed by atoms with Crippen LogP contribution >= 0.6 is 0 Å². The third kappa shape index (κ3) is 3.25. The minimum atomic E-state index is -0.859. The molecule has 4 rings (SSSR count). The first-order valence-corrected chi connectivity index (χ1v) is 8.29. The summed E-state index contributed by atoms with van der Waals surface area (Å²) in [7, 11) is 0. The van der Waals surface area contributed by atoms with Crippen LogP contribution in [0.5, 0.6) is 0 Å². The van der Waals surface area contributed by atoms with E-state index >= 15 is 0 Å². The fourth-order valence-electron chi connectivity index (χ4n) is 2.96. The zero-order valence-corrected chi connectivity index (χ0v) is 13.5. The second-order valence-electron chi connectivity index (χ2n) is 6.37. The summed E-state index contributed by atoms with van der Waals surface area (Å²) >= 11 is 0. The number of aliphatic hydroxyl groups excluding tert-OH is 1. The van der Waals surface area contributed by atoms with Gasteiger partial charge in [-0.1, -0.05) is 12.1 Å². The van der Waals surface area contributed by atoms with Gasteiger partial charge >= 0.3 is 0 Å². The highest BCUT2D eigenvalue weighted by molar-refractivity contribution is 5.93. The summed E-state index contributed by atoms with van der Waals surface area (Å²) in [5.74, 6) is -0.539. The van der Waals surface area contributed by atoms with E-state index in [1.165, 1.54) is 12.1 Å². The summed E-state index contributed by atoms with van der Waals surface area (Å²) in [5, 5.41) is 10.5. The molecular formula is C19H18FN3O2. The molecular weight excluding hydrogens is 321 g/mol. The molecule has 1 unspecified atom stereocenters. The number of nitrogens with zero attached hydrogens (tertiary/aromatic N) is 3. The number of fused-ring (bicyclic) bond motifs is 1. The van der Waals surface area contributed by atoms with E-state index in [0.717, 1.165) is 18.4 Å². The molecule has 2 aromatic heterocycles. The smallest absolute Gasteiger partial charge is 0.272 e. The Morgan fingerprint density at radius 3 is 2.80 bits per heavy atom. The molecule has 1 aliphatic carbocycles. The lowest BCUT2D eigenvalue weighted by molar-refractivity contribution is 0.0597. The van der Waals surface area contributed by atoms with Gasteiger partial charge in [-0.25, -0.2) is 9.37 Å². The molecule has 6 heteroatoms. The van der Waals surface area contributed by atoms with Crippen molar-refractivity contribution in [1.82, 2.24) is 14.3 Å². The molecule has 1 N–H and O–H groups in total. The molecule has 0 spiro atoms. The molecule has 1 aromatic carbocycles. The molecule has 3 aromatic rings. The largest absolute Gasteiger partial charge is 0.387 e. The van der Waals surface area contributed by atoms with Crippen LogP contribution in [0.25, 0.3) is 5.52 Å². The number of carbonyl (C=O) groups is 1. The van der Waals surface area contributed by atoms with Gasteiger partial charge in [0.1, 0.15) is 11.5 Å². The number of carbonyl (C=O) groups excluding carboxylic acids is 1. The zero-order valence-electron chi connectivity index (χ0n) is 13.5. The van der Waals surface area contributed by atoms with Gasteiger partial charge in [0.2, 0.25) is 0 Å². The standard InChI is InChI=1S/C19H18FN3O2/c20-14-5-3-13(4-6-14)18(24)11-23(15-7-8-15)19(25)17-10-16-2-1-9-22(16)12-21-17/h1-6,9-10,12,15,18,24H,7-8,11H2. The highest BCUT2D eigenvalue weighted by Crippen LogP contribution is 2.30. The fraction of sp³-hybridized carbons (Fsp3) is 0.263. The Kier molecular flexibility index (Phi) is 3.97. The van der Waals surface area contributed by atoms with Gasteiger partial charge in [0.15, 0.2) is 0 Å². The quantitative estimate of drug-likeness (QED) is 0.778. The summed E-state index contributed by atoms with van der Waals surface area (Å²) in [6.45, 7) is 0.170. The number of halogens is 1. The molecule has 2 heterocycles. The van der Waals surface area contributed by atoms with Gasteiger partial charge in [0.05, 0.1) is 19.0 Å². The summed E-state index contributed by atoms with van der Waals surface area (Å²) in [6.07, 6.45) is 4.48. The Morgan fingerprint density at radius 2 is 2.08 bits per heavy atom. The van der Waals surface area contributed by atoms with Crippen LogP contribution in [0, 0.1) is 5.82 Å². The van der Waals surface area contributed by atoms with Crippen molar-refractivity contribution >= 4 is 11.4 Å². The maximum atomic E-state index is 13.0. The minimum Gasteiger partial charge on any atom is -0.387 e. The molecule has 1 fully saturated rings. The van der Waals surface area contributed by atoms with E-state index in [-0.39, 0.29) is 24.3 Å². The molecule has 128 valence electrons. The van der Waals surface area contributed by atoms with E-state index in [4.69, 9.17) is 0 Å². The van der Waals surface area contributed by atoms with Crippen LogP contribution < -0.4 is 0 Å². The summed E-state index contributed by atoms with van der Waals surface area (Å²) in [4.78, 5) is 18.8. The van der Waals surface area contributed by atoms with Gasteiger partial charge in [-0.3, -0.25) is 4.79 Å². The average molecular weight is 339 g/mol. The van der Waals surface area contributed by atoms with Gasteiger partial charge in [-0.05, 0) is 48.7 Å². The van der Waals surface area contributed by atoms with Gasteiger partial charge in [0.25, 0.3) is 5.91 Å². The van der Waals surface area contributed by atoms with Crippen molar-refractivity contribution < 1.29 is 14.3 Å². The van der Waals surface area contributed by atoms with Crippen molar-refractivity contribution in [2.45, 2.75) is 25.0 Å². The first-order chi connectivity index (χ1) is 12.1. The number of aromatic nitrogens is 2. The summed E-state index contributed by atoms with van der Waals surface area (Å²) in [6, 6.07) is 11.4. The van der Waals surface area contributed by atoms with Crippen LogP contribution in [-0.4, -0.2) is 37.9 Å². The van der Waals surface area contributed by atoms with Crippen molar-refractivity contribution in [3.63, 3.8) is 0 Å². The van der Waals surface area contributed by atoms with Crippen molar-refractivity contribution in [2.24, 2.45) is 0 Å². The number of aliphatic hydroxyl groups is 1. The third-order valence-electron chi connectivity index (χ3n) is 4.51. The van der Waals surface area contributed by atoms with Crippen LogP contribution in [0.1, 0.15) is 35.0 Å². The van der Waals surface area contributed by atoms with E-state index in [0.29, 0.717) is 11.3 Å². The number of benzene rings is 1. The van der Waals surface area contributed by atoms with Crippen LogP contribution in [0.2, 0.25) is 0 Å². The fourth-order valence-corrected chi connectivity index (χ4v) is 2.96. The van der Waals surface area contributed by atoms with Gasteiger partial charge in [-0.2, -0.15) is 0 Å². The molecule has 1 amide bonds. The molecule has 0 saturated heterocycles. The Balaban J connectivity index is 1.56. The lowest BCUT2D eigenvalue weighted by Gasteiger charge is -2.25. The minimum absolute atomic E-state index is 0.132. The molecule has 1 saturated carbocycles. The first kappa shape index (κ1) is 15.8. The lowest BCUT2D eigenvalue weighted by Crippen LogP contribution is -2.37. The van der Waals surface area contributed by atoms with Crippen molar-refractivity contribution in [3.8, 4) is 0 Å². The van der Waals surface area contributed by atoms with E-state index in [1.54, 1.807) is 29.4 Å². The van der Waals surface area contributed by atoms with Crippen LogP contribution in [0.15, 0.2) is 55.0 Å². The first-order valence-electron chi connectivity index (χ1n) is 8.29. The predicted molar refractivity (Wildman–Crippen MR) is 90.6 cm³/mol. The SMILES string of the molecule is O=C(c1cc2cccn2cn1)N(CC(O)c1ccc(F)cc1)C1CC1. The van der Waals surface area contributed by atoms with E-state index in [9.17, 15) is 14.3 Å². The Labute approximate surface area is 144 Å². The lowest BCUT2D eigenvalue weighted by atomic mass is 10.1. The average Bonchev–Trinajstić information content (AvgIpc) is 3.35. The normalized spacial score (nSPS) is 15.3. The predicted octanol–water partition coefficient (Wildman–Crippen LogP) is 2.81. The van der Waals surface area contributed by atoms with Crippen molar-refractivity contribution in [1.29, 1.82) is 0 Å². The molecule has 1 atom stereocenters. The van der Waals surface area contributed by atoms with Gasteiger partial charge < -0.3 is 14.4 Å². The maximum Gasteiger partial charge on any atom is 0.272 e. The van der Waals surface area contributed by atoms with Gasteiger partial charge in [0, 0.05) is 17.8 Å². The Hall–Kier alpha value is -2.73. The maximum absolute atomic E-state index is 13.0. The number of hydrogen-bond donors (Lipinski definition) is 1. The van der Waals surface area contributed by atoms with Crippen LogP contribution in [0.4, 0.5) is 4.39 Å².